The second-order valence-electron chi connectivity index (χ2n) is 6.28. The summed E-state index contributed by atoms with van der Waals surface area (Å²) in [6.07, 6.45) is 3.23. The van der Waals surface area contributed by atoms with Crippen LogP contribution in [0.1, 0.15) is 28.3 Å². The molecule has 1 fully saturated rings. The van der Waals surface area contributed by atoms with Crippen LogP contribution in [-0.4, -0.2) is 42.3 Å². The third-order valence-corrected chi connectivity index (χ3v) is 5.17. The van der Waals surface area contributed by atoms with Crippen molar-refractivity contribution in [3.8, 4) is 10.6 Å². The molecule has 8 nitrogen and oxygen atoms in total. The van der Waals surface area contributed by atoms with Crippen molar-refractivity contribution in [2.45, 2.75) is 32.0 Å². The zero-order chi connectivity index (χ0) is 17.9. The number of carbonyl (C=O) groups excluding carboxylic acids is 1. The van der Waals surface area contributed by atoms with E-state index in [1.807, 2.05) is 30.3 Å². The highest BCUT2D eigenvalue weighted by Gasteiger charge is 2.30. The predicted octanol–water partition coefficient (Wildman–Crippen LogP) is 1.50. The molecule has 2 aromatic heterocycles. The van der Waals surface area contributed by atoms with Crippen LogP contribution in [0.15, 0.2) is 36.5 Å². The van der Waals surface area contributed by atoms with E-state index in [2.05, 4.69) is 25.8 Å². The van der Waals surface area contributed by atoms with Crippen molar-refractivity contribution in [2.75, 3.05) is 0 Å². The van der Waals surface area contributed by atoms with Gasteiger partial charge in [0.05, 0.1) is 25.4 Å². The minimum absolute atomic E-state index is 0.223. The van der Waals surface area contributed by atoms with Crippen LogP contribution in [0.25, 0.3) is 10.6 Å². The van der Waals surface area contributed by atoms with E-state index in [1.54, 1.807) is 6.20 Å². The van der Waals surface area contributed by atoms with E-state index < -0.39 is 6.10 Å². The van der Waals surface area contributed by atoms with Crippen LogP contribution in [0.4, 0.5) is 0 Å². The number of aromatic nitrogens is 5. The molecule has 1 amide bonds. The van der Waals surface area contributed by atoms with E-state index in [9.17, 15) is 9.90 Å². The predicted molar refractivity (Wildman–Crippen MR) is 95.3 cm³/mol. The summed E-state index contributed by atoms with van der Waals surface area (Å²) < 4.78 is 1.51. The SMILES string of the molecule is O=C(NCc1nnc(-c2ccccc2)s1)c1cn(CC(O)C2CC2)nn1. The average molecular weight is 370 g/mol. The lowest BCUT2D eigenvalue weighted by Gasteiger charge is -2.07. The molecule has 4 rings (SSSR count). The third kappa shape index (κ3) is 3.94. The van der Waals surface area contributed by atoms with E-state index in [-0.39, 0.29) is 18.1 Å². The highest BCUT2D eigenvalue weighted by molar-refractivity contribution is 7.14. The van der Waals surface area contributed by atoms with Crippen molar-refractivity contribution in [3.63, 3.8) is 0 Å². The number of aliphatic hydroxyl groups is 1. The Labute approximate surface area is 153 Å². The fourth-order valence-corrected chi connectivity index (χ4v) is 3.37. The number of carbonyl (C=O) groups is 1. The Morgan fingerprint density at radius 3 is 2.85 bits per heavy atom. The van der Waals surface area contributed by atoms with Crippen molar-refractivity contribution in [3.05, 3.63) is 47.2 Å². The van der Waals surface area contributed by atoms with E-state index in [4.69, 9.17) is 0 Å². The van der Waals surface area contributed by atoms with Gasteiger partial charge in [0.15, 0.2) is 5.69 Å². The number of nitrogens with one attached hydrogen (secondary N) is 1. The zero-order valence-corrected chi connectivity index (χ0v) is 14.8. The minimum Gasteiger partial charge on any atom is -0.391 e. The van der Waals surface area contributed by atoms with Crippen LogP contribution >= 0.6 is 11.3 Å². The molecule has 9 heteroatoms. The topological polar surface area (TPSA) is 106 Å². The summed E-state index contributed by atoms with van der Waals surface area (Å²) in [6, 6.07) is 9.78. The summed E-state index contributed by atoms with van der Waals surface area (Å²) in [5.74, 6) is 0.0290. The van der Waals surface area contributed by atoms with Crippen molar-refractivity contribution >= 4 is 17.2 Å². The zero-order valence-electron chi connectivity index (χ0n) is 13.9. The molecule has 1 aromatic carbocycles. The summed E-state index contributed by atoms with van der Waals surface area (Å²) in [7, 11) is 0. The molecule has 0 saturated heterocycles. The van der Waals surface area contributed by atoms with Gasteiger partial charge < -0.3 is 10.4 Å². The van der Waals surface area contributed by atoms with Gasteiger partial charge >= 0.3 is 0 Å². The Morgan fingerprint density at radius 2 is 2.08 bits per heavy atom. The molecule has 1 atom stereocenters. The highest BCUT2D eigenvalue weighted by Crippen LogP contribution is 2.33. The Balaban J connectivity index is 1.32. The quantitative estimate of drug-likeness (QED) is 0.653. The van der Waals surface area contributed by atoms with E-state index >= 15 is 0 Å². The molecular formula is C17H18N6O2S. The summed E-state index contributed by atoms with van der Waals surface area (Å²) in [5, 5.41) is 30.3. The van der Waals surface area contributed by atoms with E-state index in [0.29, 0.717) is 17.5 Å². The molecule has 1 aliphatic carbocycles. The van der Waals surface area contributed by atoms with Gasteiger partial charge in [0, 0.05) is 5.56 Å². The number of rotatable bonds is 7. The highest BCUT2D eigenvalue weighted by atomic mass is 32.1. The fourth-order valence-electron chi connectivity index (χ4n) is 2.58. The van der Waals surface area contributed by atoms with Gasteiger partial charge in [0.1, 0.15) is 10.0 Å². The fraction of sp³-hybridized carbons (Fsp3) is 0.353. The normalized spacial score (nSPS) is 15.0. The van der Waals surface area contributed by atoms with Gasteiger partial charge in [-0.3, -0.25) is 4.79 Å². The second kappa shape index (κ2) is 7.30. The first kappa shape index (κ1) is 16.8. The van der Waals surface area contributed by atoms with Crippen molar-refractivity contribution in [1.29, 1.82) is 0 Å². The van der Waals surface area contributed by atoms with Crippen LogP contribution in [0, 0.1) is 5.92 Å². The van der Waals surface area contributed by atoms with Gasteiger partial charge in [-0.15, -0.1) is 15.3 Å². The Kier molecular flexibility index (Phi) is 4.72. The maximum absolute atomic E-state index is 12.2. The Bertz CT molecular complexity index is 890. The summed E-state index contributed by atoms with van der Waals surface area (Å²) >= 11 is 1.44. The first-order chi connectivity index (χ1) is 12.7. The van der Waals surface area contributed by atoms with Crippen LogP contribution in [-0.2, 0) is 13.1 Å². The average Bonchev–Trinajstić information content (AvgIpc) is 3.24. The monoisotopic (exact) mass is 370 g/mol. The van der Waals surface area contributed by atoms with Gasteiger partial charge in [0.25, 0.3) is 5.91 Å². The number of aliphatic hydroxyl groups excluding tert-OH is 1. The van der Waals surface area contributed by atoms with Gasteiger partial charge in [-0.05, 0) is 18.8 Å². The molecule has 0 aliphatic heterocycles. The first-order valence-corrected chi connectivity index (χ1v) is 9.25. The van der Waals surface area contributed by atoms with Crippen molar-refractivity contribution < 1.29 is 9.90 Å². The van der Waals surface area contributed by atoms with Gasteiger partial charge in [-0.1, -0.05) is 46.9 Å². The lowest BCUT2D eigenvalue weighted by molar-refractivity contribution is 0.0945. The molecule has 0 bridgehead atoms. The van der Waals surface area contributed by atoms with Crippen LogP contribution in [0.2, 0.25) is 0 Å². The van der Waals surface area contributed by atoms with E-state index in [0.717, 1.165) is 23.4 Å². The molecule has 1 saturated carbocycles. The summed E-state index contributed by atoms with van der Waals surface area (Å²) in [6.45, 7) is 0.642. The van der Waals surface area contributed by atoms with Crippen LogP contribution in [0.3, 0.4) is 0 Å². The molecule has 134 valence electrons. The molecule has 1 aliphatic rings. The van der Waals surface area contributed by atoms with Gasteiger partial charge in [-0.25, -0.2) is 4.68 Å². The van der Waals surface area contributed by atoms with Crippen molar-refractivity contribution in [1.82, 2.24) is 30.5 Å². The molecule has 2 N–H and O–H groups in total. The number of hydrogen-bond donors (Lipinski definition) is 2. The van der Waals surface area contributed by atoms with E-state index in [1.165, 1.54) is 16.0 Å². The number of hydrogen-bond acceptors (Lipinski definition) is 7. The first-order valence-electron chi connectivity index (χ1n) is 8.43. The maximum atomic E-state index is 12.2. The molecule has 0 spiro atoms. The van der Waals surface area contributed by atoms with Crippen LogP contribution in [0.5, 0.6) is 0 Å². The molecule has 1 unspecified atom stereocenters. The lowest BCUT2D eigenvalue weighted by Crippen LogP contribution is -2.23. The molecule has 0 radical (unpaired) electrons. The molecule has 26 heavy (non-hydrogen) atoms. The largest absolute Gasteiger partial charge is 0.391 e. The maximum Gasteiger partial charge on any atom is 0.273 e. The lowest BCUT2D eigenvalue weighted by atomic mass is 10.2. The Hall–Kier alpha value is -2.65. The van der Waals surface area contributed by atoms with Gasteiger partial charge in [-0.2, -0.15) is 0 Å². The molecule has 3 aromatic rings. The van der Waals surface area contributed by atoms with Crippen LogP contribution < -0.4 is 5.32 Å². The standard InChI is InChI=1S/C17H18N6O2S/c24-14(11-6-7-11)10-23-9-13(19-22-23)16(25)18-8-15-20-21-17(26-15)12-4-2-1-3-5-12/h1-5,9,11,14,24H,6-8,10H2,(H,18,25). The Morgan fingerprint density at radius 1 is 1.27 bits per heavy atom. The molecule has 2 heterocycles. The second-order valence-corrected chi connectivity index (χ2v) is 7.34. The molecular weight excluding hydrogens is 352 g/mol. The number of amides is 1. The summed E-state index contributed by atoms with van der Waals surface area (Å²) in [4.78, 5) is 12.2. The number of benzene rings is 1. The minimum atomic E-state index is -0.426. The smallest absolute Gasteiger partial charge is 0.273 e. The third-order valence-electron chi connectivity index (χ3n) is 4.20. The van der Waals surface area contributed by atoms with Gasteiger partial charge in [0.2, 0.25) is 0 Å². The van der Waals surface area contributed by atoms with Crippen molar-refractivity contribution in [2.24, 2.45) is 5.92 Å². The summed E-state index contributed by atoms with van der Waals surface area (Å²) in [5.41, 5.74) is 1.22. The number of nitrogens with zero attached hydrogens (tertiary/aromatic N) is 5.